The zero-order valence-electron chi connectivity index (χ0n) is 24.7. The van der Waals surface area contributed by atoms with Crippen molar-refractivity contribution in [1.29, 1.82) is 0 Å². The summed E-state index contributed by atoms with van der Waals surface area (Å²) in [4.78, 5) is 16.5. The monoisotopic (exact) mass is 595 g/mol. The van der Waals surface area contributed by atoms with Crippen molar-refractivity contribution in [2.24, 2.45) is 5.16 Å². The molecule has 0 fully saturated rings. The molecule has 1 atom stereocenters. The summed E-state index contributed by atoms with van der Waals surface area (Å²) in [7, 11) is -0.664. The summed E-state index contributed by atoms with van der Waals surface area (Å²) in [6.45, 7) is 7.39. The number of esters is 1. The fraction of sp³-hybridized carbons (Fsp3) is 0.724. The zero-order chi connectivity index (χ0) is 30.1. The van der Waals surface area contributed by atoms with Crippen molar-refractivity contribution in [3.05, 3.63) is 34.6 Å². The molecule has 0 N–H and O–H groups in total. The average molecular weight is 596 g/mol. The lowest BCUT2D eigenvalue weighted by atomic mass is 10.00. The van der Waals surface area contributed by atoms with Gasteiger partial charge in [-0.2, -0.15) is 0 Å². The molecule has 1 aromatic carbocycles. The largest absolute Gasteiger partial charge is 0.469 e. The Kier molecular flexibility index (Phi) is 17.3. The van der Waals surface area contributed by atoms with Crippen LogP contribution in [-0.2, 0) is 25.4 Å². The van der Waals surface area contributed by atoms with Crippen LogP contribution in [0.25, 0.3) is 0 Å². The maximum absolute atomic E-state index is 14.1. The molecule has 0 saturated carbocycles. The summed E-state index contributed by atoms with van der Waals surface area (Å²) < 4.78 is 80.0. The van der Waals surface area contributed by atoms with Crippen molar-refractivity contribution in [3.63, 3.8) is 0 Å². The Balaban J connectivity index is 2.96. The summed E-state index contributed by atoms with van der Waals surface area (Å²) >= 11 is 0. The molecule has 1 rings (SSSR count). The van der Waals surface area contributed by atoms with Crippen molar-refractivity contribution in [2.45, 2.75) is 129 Å². The predicted octanol–water partition coefficient (Wildman–Crippen LogP) is 9.13. The Morgan fingerprint density at radius 1 is 0.750 bits per heavy atom. The molecule has 230 valence electrons. The number of unbranched alkanes of at least 4 members (excludes halogenated alkanes) is 9. The molecule has 0 radical (unpaired) electrons. The van der Waals surface area contributed by atoms with Crippen LogP contribution in [0.4, 0.5) is 22.0 Å². The molecule has 0 aliphatic rings. The fourth-order valence-electron chi connectivity index (χ4n) is 4.26. The van der Waals surface area contributed by atoms with E-state index in [0.717, 1.165) is 70.6 Å². The van der Waals surface area contributed by atoms with Gasteiger partial charge in [0.25, 0.3) is 0 Å². The second kappa shape index (κ2) is 19.2. The van der Waals surface area contributed by atoms with E-state index < -0.39 is 49.6 Å². The highest BCUT2D eigenvalue weighted by Crippen LogP contribution is 2.24. The molecule has 1 unspecified atom stereocenters. The third-order valence-electron chi connectivity index (χ3n) is 6.42. The maximum atomic E-state index is 14.1. The van der Waals surface area contributed by atoms with Crippen molar-refractivity contribution in [2.75, 3.05) is 7.11 Å². The first-order valence-electron chi connectivity index (χ1n) is 14.4. The van der Waals surface area contributed by atoms with Gasteiger partial charge in [0.15, 0.2) is 31.6 Å². The standard InChI is InChI=1S/C29H46F5NO4Si/c1-6-7-8-9-11-14-17-22(35-38-20-21-25(30)27(32)29(34)28(33)26(21)31)23(39-40(3,4)5)18-15-12-10-13-16-19-24(36)37-2/h23H,6-20H2,1-5H3. The molecule has 0 saturated heterocycles. The Labute approximate surface area is 237 Å². The molecule has 0 aromatic heterocycles. The predicted molar refractivity (Wildman–Crippen MR) is 149 cm³/mol. The van der Waals surface area contributed by atoms with Crippen LogP contribution >= 0.6 is 0 Å². The van der Waals surface area contributed by atoms with E-state index in [4.69, 9.17) is 9.26 Å². The van der Waals surface area contributed by atoms with Crippen LogP contribution in [0.5, 0.6) is 0 Å². The van der Waals surface area contributed by atoms with Gasteiger partial charge >= 0.3 is 5.97 Å². The summed E-state index contributed by atoms with van der Waals surface area (Å²) in [5, 5.41) is 4.15. The number of hydrogen-bond acceptors (Lipinski definition) is 5. The van der Waals surface area contributed by atoms with Crippen LogP contribution in [0.1, 0.15) is 102 Å². The molecule has 1 aromatic rings. The quantitative estimate of drug-likeness (QED) is 0.0208. The molecule has 11 heteroatoms. The van der Waals surface area contributed by atoms with E-state index in [1.54, 1.807) is 0 Å². The topological polar surface area (TPSA) is 57.1 Å². The third kappa shape index (κ3) is 13.6. The summed E-state index contributed by atoms with van der Waals surface area (Å²) in [6.07, 6.45) is 11.8. The van der Waals surface area contributed by atoms with E-state index >= 15 is 0 Å². The highest BCUT2D eigenvalue weighted by molar-refractivity contribution is 6.69. The van der Waals surface area contributed by atoms with Gasteiger partial charge in [-0.3, -0.25) is 4.79 Å². The van der Waals surface area contributed by atoms with Crippen molar-refractivity contribution in [1.82, 2.24) is 0 Å². The molecule has 40 heavy (non-hydrogen) atoms. The molecule has 0 heterocycles. The van der Waals surface area contributed by atoms with Crippen LogP contribution in [0, 0.1) is 29.1 Å². The highest BCUT2D eigenvalue weighted by atomic mass is 28.4. The van der Waals surface area contributed by atoms with Gasteiger partial charge < -0.3 is 14.0 Å². The molecular weight excluding hydrogens is 549 g/mol. The lowest BCUT2D eigenvalue weighted by molar-refractivity contribution is -0.140. The minimum Gasteiger partial charge on any atom is -0.469 e. The second-order valence-electron chi connectivity index (χ2n) is 11.0. The van der Waals surface area contributed by atoms with Gasteiger partial charge in [-0.1, -0.05) is 69.9 Å². The number of hydrogen-bond donors (Lipinski definition) is 0. The lowest BCUT2D eigenvalue weighted by Crippen LogP contribution is -2.37. The number of rotatable bonds is 21. The molecule has 5 nitrogen and oxygen atoms in total. The van der Waals surface area contributed by atoms with Crippen LogP contribution in [0.3, 0.4) is 0 Å². The van der Waals surface area contributed by atoms with Crippen LogP contribution < -0.4 is 0 Å². The van der Waals surface area contributed by atoms with E-state index in [0.29, 0.717) is 25.0 Å². The summed E-state index contributed by atoms with van der Waals surface area (Å²) in [5.41, 5.74) is -0.485. The van der Waals surface area contributed by atoms with E-state index in [1.807, 2.05) is 19.6 Å². The molecule has 0 spiro atoms. The Bertz CT molecular complexity index is 911. The first-order valence-corrected chi connectivity index (χ1v) is 17.8. The fourth-order valence-corrected chi connectivity index (χ4v) is 5.37. The van der Waals surface area contributed by atoms with Crippen LogP contribution in [0.2, 0.25) is 19.6 Å². The van der Waals surface area contributed by atoms with Crippen LogP contribution in [0.15, 0.2) is 5.16 Å². The Morgan fingerprint density at radius 2 is 1.25 bits per heavy atom. The van der Waals surface area contributed by atoms with Crippen molar-refractivity contribution < 1.29 is 40.7 Å². The normalized spacial score (nSPS) is 13.0. The molecule has 0 bridgehead atoms. The zero-order valence-corrected chi connectivity index (χ0v) is 25.7. The minimum atomic E-state index is -2.21. The van der Waals surface area contributed by atoms with Crippen molar-refractivity contribution >= 4 is 20.0 Å². The smallest absolute Gasteiger partial charge is 0.305 e. The number of nitrogens with zero attached hydrogens (tertiary/aromatic N) is 1. The number of benzene rings is 1. The summed E-state index contributed by atoms with van der Waals surface area (Å²) in [5.74, 6) is -10.3. The molecule has 0 aliphatic heterocycles. The Hall–Kier alpha value is -2.01. The second-order valence-corrected chi connectivity index (χ2v) is 15.5. The van der Waals surface area contributed by atoms with Crippen LogP contribution in [-0.4, -0.2) is 33.2 Å². The number of carbonyl (C=O) groups excluding carboxylic acids is 1. The van der Waals surface area contributed by atoms with Gasteiger partial charge in [0.05, 0.1) is 24.5 Å². The maximum Gasteiger partial charge on any atom is 0.305 e. The van der Waals surface area contributed by atoms with E-state index in [2.05, 4.69) is 16.8 Å². The first-order chi connectivity index (χ1) is 18.9. The highest BCUT2D eigenvalue weighted by Gasteiger charge is 2.27. The molecular formula is C29H46F5NO4Si. The van der Waals surface area contributed by atoms with Gasteiger partial charge in [-0.15, -0.1) is 0 Å². The summed E-state index contributed by atoms with van der Waals surface area (Å²) in [6, 6.07) is 0. The van der Waals surface area contributed by atoms with Gasteiger partial charge in [0, 0.05) is 6.42 Å². The number of halogens is 5. The van der Waals surface area contributed by atoms with E-state index in [-0.39, 0.29) is 12.1 Å². The number of ether oxygens (including phenoxy) is 1. The first kappa shape index (κ1) is 36.0. The van der Waals surface area contributed by atoms with Crippen molar-refractivity contribution in [3.8, 4) is 0 Å². The lowest BCUT2D eigenvalue weighted by Gasteiger charge is -2.27. The van der Waals surface area contributed by atoms with Gasteiger partial charge in [-0.25, -0.2) is 22.0 Å². The number of carbonyl (C=O) groups is 1. The number of methoxy groups -OCH3 is 1. The Morgan fingerprint density at radius 3 is 1.80 bits per heavy atom. The van der Waals surface area contributed by atoms with Gasteiger partial charge in [0.2, 0.25) is 5.82 Å². The molecule has 0 amide bonds. The number of oxime groups is 1. The van der Waals surface area contributed by atoms with Gasteiger partial charge in [0.1, 0.15) is 6.61 Å². The third-order valence-corrected chi connectivity index (χ3v) is 7.41. The average Bonchev–Trinajstić information content (AvgIpc) is 2.91. The van der Waals surface area contributed by atoms with E-state index in [9.17, 15) is 26.7 Å². The van der Waals surface area contributed by atoms with E-state index in [1.165, 1.54) is 7.11 Å². The minimum absolute atomic E-state index is 0.218. The SMILES string of the molecule is CCCCCCCCC(=NOCc1c(F)c(F)c(F)c(F)c1F)C(CCCCCCCC(=O)OC)O[Si](C)(C)C. The van der Waals surface area contributed by atoms with Gasteiger partial charge in [-0.05, 0) is 45.3 Å². The molecule has 0 aliphatic carbocycles.